The molecule has 0 bridgehead atoms. The summed E-state index contributed by atoms with van der Waals surface area (Å²) in [5.74, 6) is 1.68. The van der Waals surface area contributed by atoms with Crippen LogP contribution in [0.1, 0.15) is 58.8 Å². The van der Waals surface area contributed by atoms with Gasteiger partial charge in [-0.05, 0) is 43.9 Å². The summed E-state index contributed by atoms with van der Waals surface area (Å²) in [6.07, 6.45) is 9.36. The van der Waals surface area contributed by atoms with Gasteiger partial charge in [0.25, 0.3) is 0 Å². The van der Waals surface area contributed by atoms with Crippen LogP contribution in [0.25, 0.3) is 0 Å². The van der Waals surface area contributed by atoms with Gasteiger partial charge < -0.3 is 0 Å². The molecule has 0 aromatic rings. The van der Waals surface area contributed by atoms with Gasteiger partial charge in [0.05, 0.1) is 12.6 Å². The Labute approximate surface area is 106 Å². The van der Waals surface area contributed by atoms with Crippen molar-refractivity contribution in [3.63, 3.8) is 0 Å². The van der Waals surface area contributed by atoms with Crippen LogP contribution in [0.5, 0.6) is 0 Å². The molecule has 96 valence electrons. The molecule has 0 aromatic carbocycles. The third kappa shape index (κ3) is 3.22. The Morgan fingerprint density at radius 2 is 1.59 bits per heavy atom. The minimum absolute atomic E-state index is 0.648. The molecule has 2 saturated carbocycles. The zero-order valence-corrected chi connectivity index (χ0v) is 11.4. The van der Waals surface area contributed by atoms with Gasteiger partial charge in [0.1, 0.15) is 0 Å². The van der Waals surface area contributed by atoms with E-state index in [0.717, 1.165) is 11.8 Å². The van der Waals surface area contributed by atoms with Crippen LogP contribution in [0, 0.1) is 23.2 Å². The summed E-state index contributed by atoms with van der Waals surface area (Å²) >= 11 is 0. The van der Waals surface area contributed by atoms with E-state index in [1.165, 1.54) is 44.9 Å². The Bertz CT molecular complexity index is 265. The molecule has 2 rings (SSSR count). The minimum Gasteiger partial charge on any atom is -0.285 e. The average molecular weight is 234 g/mol. The molecule has 2 nitrogen and oxygen atoms in total. The summed E-state index contributed by atoms with van der Waals surface area (Å²) in [5.41, 5.74) is 0. The van der Waals surface area contributed by atoms with E-state index in [1.807, 2.05) is 0 Å². The van der Waals surface area contributed by atoms with Gasteiger partial charge >= 0.3 is 0 Å². The number of nitrogens with zero attached hydrogens (tertiary/aromatic N) is 2. The molecule has 0 aromatic heterocycles. The molecule has 2 heteroatoms. The molecular formula is C15H26N2. The van der Waals surface area contributed by atoms with Crippen molar-refractivity contribution >= 4 is 0 Å². The fourth-order valence-corrected chi connectivity index (χ4v) is 4.05. The van der Waals surface area contributed by atoms with E-state index in [0.29, 0.717) is 18.6 Å². The van der Waals surface area contributed by atoms with Crippen molar-refractivity contribution in [1.29, 1.82) is 5.26 Å². The molecule has 0 amide bonds. The van der Waals surface area contributed by atoms with Crippen molar-refractivity contribution in [3.8, 4) is 6.07 Å². The van der Waals surface area contributed by atoms with Gasteiger partial charge in [0.2, 0.25) is 0 Å². The highest BCUT2D eigenvalue weighted by Crippen LogP contribution is 2.35. The van der Waals surface area contributed by atoms with Gasteiger partial charge in [0.15, 0.2) is 0 Å². The highest BCUT2D eigenvalue weighted by Gasteiger charge is 2.33. The van der Waals surface area contributed by atoms with E-state index >= 15 is 0 Å². The topological polar surface area (TPSA) is 27.0 Å². The van der Waals surface area contributed by atoms with Gasteiger partial charge in [-0.3, -0.25) is 4.90 Å². The lowest BCUT2D eigenvalue weighted by atomic mass is 9.79. The normalized spacial score (nSPS) is 35.1. The van der Waals surface area contributed by atoms with Crippen molar-refractivity contribution in [2.75, 3.05) is 6.54 Å². The number of nitriles is 1. The Morgan fingerprint density at radius 1 is 1.00 bits per heavy atom. The maximum Gasteiger partial charge on any atom is 0.0870 e. The van der Waals surface area contributed by atoms with Crippen LogP contribution in [-0.4, -0.2) is 23.5 Å². The third-order valence-corrected chi connectivity index (χ3v) is 4.67. The van der Waals surface area contributed by atoms with Crippen LogP contribution < -0.4 is 0 Å². The number of hydrogen-bond donors (Lipinski definition) is 0. The van der Waals surface area contributed by atoms with Crippen LogP contribution in [0.2, 0.25) is 0 Å². The summed E-state index contributed by atoms with van der Waals surface area (Å²) in [4.78, 5) is 2.54. The molecule has 0 aliphatic heterocycles. The smallest absolute Gasteiger partial charge is 0.0870 e. The summed E-state index contributed by atoms with van der Waals surface area (Å²) in [6.45, 7) is 5.40. The van der Waals surface area contributed by atoms with E-state index in [9.17, 15) is 0 Å². The van der Waals surface area contributed by atoms with Crippen LogP contribution in [0.4, 0.5) is 0 Å². The molecular weight excluding hydrogens is 208 g/mol. The largest absolute Gasteiger partial charge is 0.285 e. The molecule has 2 fully saturated rings. The molecule has 17 heavy (non-hydrogen) atoms. The second kappa shape index (κ2) is 5.87. The highest BCUT2D eigenvalue weighted by molar-refractivity contribution is 4.91. The van der Waals surface area contributed by atoms with Crippen molar-refractivity contribution in [1.82, 2.24) is 4.90 Å². The van der Waals surface area contributed by atoms with Crippen LogP contribution in [-0.2, 0) is 0 Å². The van der Waals surface area contributed by atoms with E-state index in [-0.39, 0.29) is 0 Å². The van der Waals surface area contributed by atoms with Gasteiger partial charge in [-0.25, -0.2) is 0 Å². The molecule has 2 aliphatic carbocycles. The first-order valence-electron chi connectivity index (χ1n) is 7.33. The summed E-state index contributed by atoms with van der Waals surface area (Å²) in [5, 5.41) is 9.07. The maximum atomic E-state index is 9.07. The summed E-state index contributed by atoms with van der Waals surface area (Å²) in [7, 11) is 0. The molecule has 0 N–H and O–H groups in total. The van der Waals surface area contributed by atoms with Gasteiger partial charge in [-0.2, -0.15) is 5.26 Å². The standard InChI is InChI=1S/C15H26N2/c1-12-9-13(2)11-15(10-12)17(8-7-16)14-5-3-4-6-14/h12-15H,3-6,8-11H2,1-2H3. The first-order chi connectivity index (χ1) is 8.20. The van der Waals surface area contributed by atoms with E-state index in [1.54, 1.807) is 0 Å². The summed E-state index contributed by atoms with van der Waals surface area (Å²) in [6, 6.07) is 3.78. The van der Waals surface area contributed by atoms with Crippen molar-refractivity contribution in [2.24, 2.45) is 11.8 Å². The Hall–Kier alpha value is -0.550. The number of rotatable bonds is 3. The average Bonchev–Trinajstić information content (AvgIpc) is 2.77. The van der Waals surface area contributed by atoms with Gasteiger partial charge in [-0.1, -0.05) is 26.7 Å². The fourth-order valence-electron chi connectivity index (χ4n) is 4.05. The first kappa shape index (κ1) is 12.9. The molecule has 2 aliphatic rings. The lowest BCUT2D eigenvalue weighted by Gasteiger charge is -2.41. The van der Waals surface area contributed by atoms with Crippen molar-refractivity contribution in [2.45, 2.75) is 70.9 Å². The molecule has 0 heterocycles. The lowest BCUT2D eigenvalue weighted by molar-refractivity contribution is 0.0849. The van der Waals surface area contributed by atoms with Crippen LogP contribution >= 0.6 is 0 Å². The first-order valence-corrected chi connectivity index (χ1v) is 7.33. The maximum absolute atomic E-state index is 9.07. The Kier molecular flexibility index (Phi) is 4.45. The second-order valence-electron chi connectivity index (χ2n) is 6.34. The Morgan fingerprint density at radius 3 is 2.12 bits per heavy atom. The highest BCUT2D eigenvalue weighted by atomic mass is 15.2. The second-order valence-corrected chi connectivity index (χ2v) is 6.34. The van der Waals surface area contributed by atoms with Gasteiger partial charge in [-0.15, -0.1) is 0 Å². The molecule has 2 unspecified atom stereocenters. The molecule has 0 spiro atoms. The van der Waals surface area contributed by atoms with Gasteiger partial charge in [0, 0.05) is 12.1 Å². The van der Waals surface area contributed by atoms with Crippen molar-refractivity contribution in [3.05, 3.63) is 0 Å². The Balaban J connectivity index is 2.01. The fraction of sp³-hybridized carbons (Fsp3) is 0.933. The van der Waals surface area contributed by atoms with Crippen molar-refractivity contribution < 1.29 is 0 Å². The summed E-state index contributed by atoms with van der Waals surface area (Å²) < 4.78 is 0. The van der Waals surface area contributed by atoms with Crippen LogP contribution in [0.15, 0.2) is 0 Å². The van der Waals surface area contributed by atoms with E-state index in [2.05, 4.69) is 24.8 Å². The molecule has 0 saturated heterocycles. The molecule has 0 radical (unpaired) electrons. The predicted octanol–water partition coefficient (Wildman–Crippen LogP) is 3.58. The zero-order chi connectivity index (χ0) is 12.3. The number of hydrogen-bond acceptors (Lipinski definition) is 2. The molecule has 2 atom stereocenters. The van der Waals surface area contributed by atoms with E-state index < -0.39 is 0 Å². The quantitative estimate of drug-likeness (QED) is 0.698. The SMILES string of the molecule is CC1CC(C)CC(N(CC#N)C2CCCC2)C1. The predicted molar refractivity (Wildman–Crippen MR) is 70.5 cm³/mol. The zero-order valence-electron chi connectivity index (χ0n) is 11.4. The third-order valence-electron chi connectivity index (χ3n) is 4.67. The minimum atomic E-state index is 0.648. The monoisotopic (exact) mass is 234 g/mol. The van der Waals surface area contributed by atoms with E-state index in [4.69, 9.17) is 5.26 Å². The van der Waals surface area contributed by atoms with Crippen LogP contribution in [0.3, 0.4) is 0 Å². The lowest BCUT2D eigenvalue weighted by Crippen LogP contribution is -2.45.